The second-order valence-corrected chi connectivity index (χ2v) is 5.15. The van der Waals surface area contributed by atoms with Crippen LogP contribution in [-0.4, -0.2) is 20.8 Å². The van der Waals surface area contributed by atoms with Gasteiger partial charge in [0.2, 0.25) is 0 Å². The van der Waals surface area contributed by atoms with Gasteiger partial charge in [0.25, 0.3) is 0 Å². The zero-order chi connectivity index (χ0) is 15.4. The molecule has 0 bridgehead atoms. The van der Waals surface area contributed by atoms with E-state index in [0.717, 1.165) is 17.8 Å². The standard InChI is InChI=1S/C15H21FN4O/c1-4-12(17)7-11-5-6-14(13(16)8-11)21-9-15-19-18-10(2)20(15)3/h5-6,8,12H,4,7,9,17H2,1-3H3. The van der Waals surface area contributed by atoms with E-state index in [-0.39, 0.29) is 24.2 Å². The summed E-state index contributed by atoms with van der Waals surface area (Å²) in [6.07, 6.45) is 1.53. The molecule has 0 radical (unpaired) electrons. The van der Waals surface area contributed by atoms with Crippen LogP contribution in [0.4, 0.5) is 4.39 Å². The molecule has 0 spiro atoms. The van der Waals surface area contributed by atoms with Crippen LogP contribution < -0.4 is 10.5 Å². The molecular weight excluding hydrogens is 271 g/mol. The van der Waals surface area contributed by atoms with E-state index in [1.807, 2.05) is 31.5 Å². The number of hydrogen-bond donors (Lipinski definition) is 1. The summed E-state index contributed by atoms with van der Waals surface area (Å²) in [6, 6.07) is 5.01. The largest absolute Gasteiger partial charge is 0.483 e. The molecule has 6 heteroatoms. The molecule has 21 heavy (non-hydrogen) atoms. The lowest BCUT2D eigenvalue weighted by atomic mass is 10.0. The van der Waals surface area contributed by atoms with Crippen molar-refractivity contribution >= 4 is 0 Å². The quantitative estimate of drug-likeness (QED) is 0.885. The minimum absolute atomic E-state index is 0.0535. The van der Waals surface area contributed by atoms with Crippen LogP contribution in [0.5, 0.6) is 5.75 Å². The van der Waals surface area contributed by atoms with Crippen LogP contribution in [0.2, 0.25) is 0 Å². The second-order valence-electron chi connectivity index (χ2n) is 5.15. The van der Waals surface area contributed by atoms with Gasteiger partial charge in [-0.2, -0.15) is 0 Å². The Bertz CT molecular complexity index is 612. The first-order valence-corrected chi connectivity index (χ1v) is 7.03. The van der Waals surface area contributed by atoms with Gasteiger partial charge in [0.1, 0.15) is 12.4 Å². The minimum atomic E-state index is -0.380. The average Bonchev–Trinajstić information content (AvgIpc) is 2.78. The van der Waals surface area contributed by atoms with Gasteiger partial charge in [0.05, 0.1) is 0 Å². The first kappa shape index (κ1) is 15.4. The van der Waals surface area contributed by atoms with E-state index in [1.54, 1.807) is 6.07 Å². The Morgan fingerprint density at radius 2 is 2.14 bits per heavy atom. The lowest BCUT2D eigenvalue weighted by molar-refractivity contribution is 0.276. The summed E-state index contributed by atoms with van der Waals surface area (Å²) in [4.78, 5) is 0. The number of aromatic nitrogens is 3. The van der Waals surface area contributed by atoms with Gasteiger partial charge >= 0.3 is 0 Å². The first-order chi connectivity index (χ1) is 10.0. The van der Waals surface area contributed by atoms with E-state index in [4.69, 9.17) is 10.5 Å². The van der Waals surface area contributed by atoms with Crippen LogP contribution in [0.15, 0.2) is 18.2 Å². The van der Waals surface area contributed by atoms with Gasteiger partial charge < -0.3 is 15.0 Å². The Labute approximate surface area is 123 Å². The lowest BCUT2D eigenvalue weighted by Gasteiger charge is -2.11. The third kappa shape index (κ3) is 3.78. The molecule has 1 atom stereocenters. The van der Waals surface area contributed by atoms with Crippen LogP contribution in [0.25, 0.3) is 0 Å². The molecule has 0 aliphatic carbocycles. The highest BCUT2D eigenvalue weighted by Gasteiger charge is 2.10. The number of nitrogens with zero attached hydrogens (tertiary/aromatic N) is 3. The number of hydrogen-bond acceptors (Lipinski definition) is 4. The SMILES string of the molecule is CCC(N)Cc1ccc(OCc2nnc(C)n2C)c(F)c1. The summed E-state index contributed by atoms with van der Waals surface area (Å²) in [5.41, 5.74) is 6.75. The molecule has 2 aromatic rings. The molecule has 0 aliphatic heterocycles. The number of ether oxygens (including phenoxy) is 1. The molecule has 0 aliphatic rings. The molecule has 5 nitrogen and oxygen atoms in total. The third-order valence-electron chi connectivity index (χ3n) is 3.56. The second kappa shape index (κ2) is 6.67. The van der Waals surface area contributed by atoms with Crippen LogP contribution in [0, 0.1) is 12.7 Å². The molecule has 2 N–H and O–H groups in total. The Kier molecular flexibility index (Phi) is 4.90. The molecule has 2 rings (SSSR count). The molecule has 1 heterocycles. The summed E-state index contributed by atoms with van der Waals surface area (Å²) in [6.45, 7) is 4.05. The van der Waals surface area contributed by atoms with Gasteiger partial charge in [-0.1, -0.05) is 13.0 Å². The van der Waals surface area contributed by atoms with Gasteiger partial charge in [-0.25, -0.2) is 4.39 Å². The van der Waals surface area contributed by atoms with Crippen LogP contribution in [0.1, 0.15) is 30.6 Å². The fourth-order valence-corrected chi connectivity index (χ4v) is 1.95. The molecule has 1 aromatic carbocycles. The van der Waals surface area contributed by atoms with Crippen molar-refractivity contribution in [1.29, 1.82) is 0 Å². The van der Waals surface area contributed by atoms with E-state index in [1.165, 1.54) is 6.07 Å². The smallest absolute Gasteiger partial charge is 0.170 e. The van der Waals surface area contributed by atoms with Crippen molar-refractivity contribution in [1.82, 2.24) is 14.8 Å². The van der Waals surface area contributed by atoms with Crippen LogP contribution in [0.3, 0.4) is 0 Å². The molecule has 0 saturated carbocycles. The van der Waals surface area contributed by atoms with Gasteiger partial charge in [-0.3, -0.25) is 0 Å². The number of benzene rings is 1. The summed E-state index contributed by atoms with van der Waals surface area (Å²) < 4.78 is 21.3. The fourth-order valence-electron chi connectivity index (χ4n) is 1.95. The van der Waals surface area contributed by atoms with Crippen molar-refractivity contribution in [2.24, 2.45) is 12.8 Å². The van der Waals surface area contributed by atoms with E-state index in [0.29, 0.717) is 12.2 Å². The predicted octanol–water partition coefficient (Wildman–Crippen LogP) is 2.12. The highest BCUT2D eigenvalue weighted by atomic mass is 19.1. The minimum Gasteiger partial charge on any atom is -0.483 e. The molecule has 0 amide bonds. The number of halogens is 1. The van der Waals surface area contributed by atoms with Crippen molar-refractivity contribution in [2.75, 3.05) is 0 Å². The summed E-state index contributed by atoms with van der Waals surface area (Å²) in [5.74, 6) is 1.28. The first-order valence-electron chi connectivity index (χ1n) is 7.03. The summed E-state index contributed by atoms with van der Waals surface area (Å²) in [5, 5.41) is 7.91. The monoisotopic (exact) mass is 292 g/mol. The molecule has 0 saturated heterocycles. The Hall–Kier alpha value is -1.95. The maximum absolute atomic E-state index is 14.0. The molecule has 114 valence electrons. The highest BCUT2D eigenvalue weighted by molar-refractivity contribution is 5.30. The van der Waals surface area contributed by atoms with E-state index < -0.39 is 0 Å². The number of aryl methyl sites for hydroxylation is 1. The molecular formula is C15H21FN4O. The molecule has 1 unspecified atom stereocenters. The Morgan fingerprint density at radius 1 is 1.38 bits per heavy atom. The highest BCUT2D eigenvalue weighted by Crippen LogP contribution is 2.20. The van der Waals surface area contributed by atoms with Gasteiger partial charge in [0, 0.05) is 13.1 Å². The van der Waals surface area contributed by atoms with Crippen molar-refractivity contribution < 1.29 is 9.13 Å². The van der Waals surface area contributed by atoms with Gasteiger partial charge in [-0.05, 0) is 37.5 Å². The van der Waals surface area contributed by atoms with Crippen molar-refractivity contribution in [2.45, 2.75) is 39.3 Å². The zero-order valence-electron chi connectivity index (χ0n) is 12.6. The van der Waals surface area contributed by atoms with Gasteiger partial charge in [0.15, 0.2) is 17.4 Å². The summed E-state index contributed by atoms with van der Waals surface area (Å²) >= 11 is 0. The number of nitrogens with two attached hydrogens (primary N) is 1. The van der Waals surface area contributed by atoms with Crippen molar-refractivity contribution in [3.05, 3.63) is 41.2 Å². The normalized spacial score (nSPS) is 12.4. The van der Waals surface area contributed by atoms with E-state index >= 15 is 0 Å². The van der Waals surface area contributed by atoms with Crippen LogP contribution in [-0.2, 0) is 20.1 Å². The topological polar surface area (TPSA) is 66.0 Å². The van der Waals surface area contributed by atoms with Crippen LogP contribution >= 0.6 is 0 Å². The summed E-state index contributed by atoms with van der Waals surface area (Å²) in [7, 11) is 1.85. The maximum Gasteiger partial charge on any atom is 0.170 e. The van der Waals surface area contributed by atoms with E-state index in [2.05, 4.69) is 10.2 Å². The van der Waals surface area contributed by atoms with Crippen molar-refractivity contribution in [3.8, 4) is 5.75 Å². The zero-order valence-corrected chi connectivity index (χ0v) is 12.6. The van der Waals surface area contributed by atoms with E-state index in [9.17, 15) is 4.39 Å². The average molecular weight is 292 g/mol. The fraction of sp³-hybridized carbons (Fsp3) is 0.467. The predicted molar refractivity (Wildman–Crippen MR) is 78.4 cm³/mol. The molecule has 1 aromatic heterocycles. The van der Waals surface area contributed by atoms with Crippen molar-refractivity contribution in [3.63, 3.8) is 0 Å². The third-order valence-corrected chi connectivity index (χ3v) is 3.56. The lowest BCUT2D eigenvalue weighted by Crippen LogP contribution is -2.21. The Morgan fingerprint density at radius 3 is 2.71 bits per heavy atom. The van der Waals surface area contributed by atoms with Gasteiger partial charge in [-0.15, -0.1) is 10.2 Å². The number of rotatable bonds is 6. The maximum atomic E-state index is 14.0. The molecule has 0 fully saturated rings. The Balaban J connectivity index is 2.02.